The molecule has 0 fully saturated rings. The van der Waals surface area contributed by atoms with Crippen LogP contribution in [-0.4, -0.2) is 23.1 Å². The maximum Gasteiger partial charge on any atom is 0.121 e. The van der Waals surface area contributed by atoms with Crippen LogP contribution in [0.5, 0.6) is 5.75 Å². The summed E-state index contributed by atoms with van der Waals surface area (Å²) < 4.78 is 0. The highest BCUT2D eigenvalue weighted by atomic mass is 16.3. The van der Waals surface area contributed by atoms with Gasteiger partial charge in [-0.2, -0.15) is 0 Å². The van der Waals surface area contributed by atoms with Crippen molar-refractivity contribution in [3.63, 3.8) is 0 Å². The Balaban J connectivity index is 2.82. The number of phenolic OH excluding ortho intramolecular Hbond substituents is 1. The first kappa shape index (κ1) is 14.0. The van der Waals surface area contributed by atoms with E-state index in [1.165, 1.54) is 5.56 Å². The number of hydrogen-bond acceptors (Lipinski definition) is 2. The summed E-state index contributed by atoms with van der Waals surface area (Å²) in [5, 5.41) is 9.75. The molecule has 1 unspecified atom stereocenters. The summed E-state index contributed by atoms with van der Waals surface area (Å²) in [6.45, 7) is 11.6. The lowest BCUT2D eigenvalue weighted by Gasteiger charge is -2.28. The summed E-state index contributed by atoms with van der Waals surface area (Å²) in [5.74, 6) is 1.08. The summed E-state index contributed by atoms with van der Waals surface area (Å²) in [5.41, 5.74) is 3.20. The SMILES string of the molecule is Cc1cc(CN(C)C(C)C(C)C)cc(C)c1O. The smallest absolute Gasteiger partial charge is 0.121 e. The Morgan fingerprint density at radius 1 is 1.12 bits per heavy atom. The molecular weight excluding hydrogens is 210 g/mol. The van der Waals surface area contributed by atoms with Crippen LogP contribution in [0.4, 0.5) is 0 Å². The van der Waals surface area contributed by atoms with Crippen molar-refractivity contribution in [2.45, 2.75) is 47.2 Å². The number of rotatable bonds is 4. The van der Waals surface area contributed by atoms with E-state index in [9.17, 15) is 5.11 Å². The standard InChI is InChI=1S/C15H25NO/c1-10(2)13(5)16(6)9-14-7-11(3)15(17)12(4)8-14/h7-8,10,13,17H,9H2,1-6H3. The van der Waals surface area contributed by atoms with E-state index in [4.69, 9.17) is 0 Å². The molecule has 96 valence electrons. The molecule has 1 N–H and O–H groups in total. The molecule has 0 saturated heterocycles. The van der Waals surface area contributed by atoms with Crippen molar-refractivity contribution in [3.05, 3.63) is 28.8 Å². The quantitative estimate of drug-likeness (QED) is 0.863. The average molecular weight is 235 g/mol. The summed E-state index contributed by atoms with van der Waals surface area (Å²) in [6, 6.07) is 4.71. The van der Waals surface area contributed by atoms with Gasteiger partial charge in [0.1, 0.15) is 5.75 Å². The largest absolute Gasteiger partial charge is 0.507 e. The van der Waals surface area contributed by atoms with Crippen LogP contribution in [0.15, 0.2) is 12.1 Å². The summed E-state index contributed by atoms with van der Waals surface area (Å²) in [7, 11) is 2.15. The molecule has 0 radical (unpaired) electrons. The first-order valence-electron chi connectivity index (χ1n) is 6.32. The Labute approximate surface area is 105 Å². The van der Waals surface area contributed by atoms with E-state index in [0.717, 1.165) is 17.7 Å². The topological polar surface area (TPSA) is 23.5 Å². The third-order valence-corrected chi connectivity index (χ3v) is 3.64. The highest BCUT2D eigenvalue weighted by Gasteiger charge is 2.14. The van der Waals surface area contributed by atoms with Gasteiger partial charge in [0.25, 0.3) is 0 Å². The van der Waals surface area contributed by atoms with Crippen molar-refractivity contribution in [1.82, 2.24) is 4.90 Å². The molecule has 0 saturated carbocycles. The van der Waals surface area contributed by atoms with E-state index in [-0.39, 0.29) is 0 Å². The fourth-order valence-corrected chi connectivity index (χ4v) is 2.08. The Hall–Kier alpha value is -1.02. The minimum atomic E-state index is 0.424. The summed E-state index contributed by atoms with van der Waals surface area (Å²) in [6.07, 6.45) is 0. The van der Waals surface area contributed by atoms with E-state index in [1.807, 2.05) is 13.8 Å². The molecule has 0 amide bonds. The van der Waals surface area contributed by atoms with E-state index in [2.05, 4.69) is 44.9 Å². The van der Waals surface area contributed by atoms with E-state index < -0.39 is 0 Å². The maximum absolute atomic E-state index is 9.75. The van der Waals surface area contributed by atoms with Gasteiger partial charge in [-0.05, 0) is 50.4 Å². The van der Waals surface area contributed by atoms with Crippen LogP contribution >= 0.6 is 0 Å². The molecule has 0 aliphatic carbocycles. The molecular formula is C15H25NO. The first-order valence-corrected chi connectivity index (χ1v) is 6.32. The zero-order chi connectivity index (χ0) is 13.2. The lowest BCUT2D eigenvalue weighted by molar-refractivity contribution is 0.200. The molecule has 0 aliphatic rings. The summed E-state index contributed by atoms with van der Waals surface area (Å²) >= 11 is 0. The Morgan fingerprint density at radius 3 is 2.00 bits per heavy atom. The van der Waals surface area contributed by atoms with Gasteiger partial charge in [0.05, 0.1) is 0 Å². The van der Waals surface area contributed by atoms with Gasteiger partial charge in [0.15, 0.2) is 0 Å². The molecule has 1 rings (SSSR count). The van der Waals surface area contributed by atoms with E-state index in [1.54, 1.807) is 0 Å². The Bertz CT molecular complexity index is 362. The highest BCUT2D eigenvalue weighted by molar-refractivity contribution is 5.42. The van der Waals surface area contributed by atoms with Crippen molar-refractivity contribution >= 4 is 0 Å². The number of aryl methyl sites for hydroxylation is 2. The van der Waals surface area contributed by atoms with Crippen LogP contribution in [-0.2, 0) is 6.54 Å². The van der Waals surface area contributed by atoms with E-state index in [0.29, 0.717) is 17.7 Å². The predicted octanol–water partition coefficient (Wildman–Crippen LogP) is 3.49. The second-order valence-electron chi connectivity index (χ2n) is 5.48. The number of aromatic hydroxyl groups is 1. The predicted molar refractivity (Wildman–Crippen MR) is 73.3 cm³/mol. The molecule has 1 aromatic rings. The molecule has 0 spiro atoms. The van der Waals surface area contributed by atoms with Gasteiger partial charge >= 0.3 is 0 Å². The minimum absolute atomic E-state index is 0.424. The van der Waals surface area contributed by atoms with Gasteiger partial charge in [-0.1, -0.05) is 26.0 Å². The zero-order valence-corrected chi connectivity index (χ0v) is 11.9. The van der Waals surface area contributed by atoms with Gasteiger partial charge in [-0.25, -0.2) is 0 Å². The lowest BCUT2D eigenvalue weighted by atomic mass is 10.0. The Morgan fingerprint density at radius 2 is 1.59 bits per heavy atom. The Kier molecular flexibility index (Phi) is 4.58. The third-order valence-electron chi connectivity index (χ3n) is 3.64. The van der Waals surface area contributed by atoms with Gasteiger partial charge in [-0.15, -0.1) is 0 Å². The van der Waals surface area contributed by atoms with Crippen LogP contribution in [0.3, 0.4) is 0 Å². The monoisotopic (exact) mass is 235 g/mol. The van der Waals surface area contributed by atoms with Crippen LogP contribution in [0, 0.1) is 19.8 Å². The second-order valence-corrected chi connectivity index (χ2v) is 5.48. The summed E-state index contributed by atoms with van der Waals surface area (Å²) in [4.78, 5) is 2.36. The van der Waals surface area contributed by atoms with Gasteiger partial charge < -0.3 is 5.11 Å². The van der Waals surface area contributed by atoms with Gasteiger partial charge in [0.2, 0.25) is 0 Å². The highest BCUT2D eigenvalue weighted by Crippen LogP contribution is 2.24. The number of hydrogen-bond donors (Lipinski definition) is 1. The lowest BCUT2D eigenvalue weighted by Crippen LogP contribution is -2.32. The van der Waals surface area contributed by atoms with Crippen molar-refractivity contribution in [1.29, 1.82) is 0 Å². The molecule has 0 aromatic heterocycles. The fourth-order valence-electron chi connectivity index (χ4n) is 2.08. The molecule has 17 heavy (non-hydrogen) atoms. The number of benzene rings is 1. The van der Waals surface area contributed by atoms with Gasteiger partial charge in [0, 0.05) is 12.6 Å². The number of nitrogens with zero attached hydrogens (tertiary/aromatic N) is 1. The molecule has 0 heterocycles. The molecule has 1 atom stereocenters. The van der Waals surface area contributed by atoms with Gasteiger partial charge in [-0.3, -0.25) is 4.90 Å². The fraction of sp³-hybridized carbons (Fsp3) is 0.600. The van der Waals surface area contributed by atoms with Crippen LogP contribution in [0.2, 0.25) is 0 Å². The molecule has 2 heteroatoms. The normalized spacial score (nSPS) is 13.4. The molecule has 0 bridgehead atoms. The van der Waals surface area contributed by atoms with Crippen molar-refractivity contribution in [2.24, 2.45) is 5.92 Å². The number of phenols is 1. The maximum atomic E-state index is 9.75. The van der Waals surface area contributed by atoms with Crippen LogP contribution in [0.1, 0.15) is 37.5 Å². The van der Waals surface area contributed by atoms with Crippen molar-refractivity contribution in [3.8, 4) is 5.75 Å². The second kappa shape index (κ2) is 5.54. The molecule has 1 aromatic carbocycles. The van der Waals surface area contributed by atoms with Crippen molar-refractivity contribution < 1.29 is 5.11 Å². The molecule has 2 nitrogen and oxygen atoms in total. The van der Waals surface area contributed by atoms with Crippen LogP contribution in [0.25, 0.3) is 0 Å². The van der Waals surface area contributed by atoms with Crippen LogP contribution < -0.4 is 0 Å². The third kappa shape index (κ3) is 3.47. The zero-order valence-electron chi connectivity index (χ0n) is 11.9. The molecule has 0 aliphatic heterocycles. The van der Waals surface area contributed by atoms with E-state index >= 15 is 0 Å². The average Bonchev–Trinajstić information content (AvgIpc) is 2.24. The minimum Gasteiger partial charge on any atom is -0.507 e. The first-order chi connectivity index (χ1) is 7.82. The van der Waals surface area contributed by atoms with Crippen molar-refractivity contribution in [2.75, 3.05) is 7.05 Å².